The minimum atomic E-state index is 0.0400. The predicted molar refractivity (Wildman–Crippen MR) is 96.3 cm³/mol. The van der Waals surface area contributed by atoms with Crippen LogP contribution < -0.4 is 0 Å². The average molecular weight is 309 g/mol. The monoisotopic (exact) mass is 308 g/mol. The Hall–Kier alpha value is -0.510. The van der Waals surface area contributed by atoms with Crippen molar-refractivity contribution in [2.75, 3.05) is 33.4 Å². The molecule has 0 fully saturated rings. The maximum Gasteiger partial charge on any atom is 0.0413 e. The van der Waals surface area contributed by atoms with Gasteiger partial charge in [0.15, 0.2) is 0 Å². The summed E-state index contributed by atoms with van der Waals surface area (Å²) in [6.07, 6.45) is 2.16. The summed E-state index contributed by atoms with van der Waals surface area (Å²) in [5.41, 5.74) is 1.68. The molecular weight excluding hydrogens is 276 g/mol. The summed E-state index contributed by atoms with van der Waals surface area (Å²) in [4.78, 5) is 6.25. The van der Waals surface area contributed by atoms with Gasteiger partial charge in [-0.1, -0.05) is 18.2 Å². The van der Waals surface area contributed by atoms with E-state index >= 15 is 0 Å². The van der Waals surface area contributed by atoms with Crippen LogP contribution in [-0.2, 0) is 5.54 Å². The van der Waals surface area contributed by atoms with Crippen molar-refractivity contribution in [2.45, 2.75) is 50.6 Å². The molecule has 1 rings (SSSR count). The van der Waals surface area contributed by atoms with E-state index in [1.807, 2.05) is 11.8 Å². The molecule has 0 spiro atoms. The second-order valence-corrected chi connectivity index (χ2v) is 8.12. The Balaban J connectivity index is 2.82. The first-order valence-electron chi connectivity index (χ1n) is 7.66. The fraction of sp³-hybridized carbons (Fsp3) is 0.667. The van der Waals surface area contributed by atoms with Crippen LogP contribution in [0.25, 0.3) is 0 Å². The first-order valence-corrected chi connectivity index (χ1v) is 8.89. The molecule has 120 valence electrons. The van der Waals surface area contributed by atoms with Crippen molar-refractivity contribution in [3.63, 3.8) is 0 Å². The van der Waals surface area contributed by atoms with E-state index in [0.717, 1.165) is 13.1 Å². The number of likely N-dealkylation sites (N-methyl/N-ethyl adjacent to an activating group) is 2. The molecule has 0 aliphatic rings. The summed E-state index contributed by atoms with van der Waals surface area (Å²) in [6.45, 7) is 13.6. The molecule has 0 aromatic heterocycles. The second-order valence-electron chi connectivity index (χ2n) is 7.27. The van der Waals surface area contributed by atoms with Gasteiger partial charge in [0.05, 0.1) is 0 Å². The normalized spacial score (nSPS) is 13.2. The Kier molecular flexibility index (Phi) is 6.33. The Labute approximate surface area is 135 Å². The van der Waals surface area contributed by atoms with Crippen LogP contribution in [0, 0.1) is 0 Å². The van der Waals surface area contributed by atoms with Crippen molar-refractivity contribution in [2.24, 2.45) is 0 Å². The van der Waals surface area contributed by atoms with E-state index in [2.05, 4.69) is 89.0 Å². The molecule has 0 saturated carbocycles. The summed E-state index contributed by atoms with van der Waals surface area (Å²) < 4.78 is 0. The Morgan fingerprint density at radius 1 is 0.905 bits per heavy atom. The summed E-state index contributed by atoms with van der Waals surface area (Å²) in [5.74, 6) is 0. The molecule has 0 bridgehead atoms. The molecule has 3 heteroatoms. The summed E-state index contributed by atoms with van der Waals surface area (Å²) in [5, 5.41) is 0. The van der Waals surface area contributed by atoms with Crippen LogP contribution >= 0.6 is 11.8 Å². The van der Waals surface area contributed by atoms with Crippen LogP contribution in [0.15, 0.2) is 29.2 Å². The molecule has 0 aliphatic heterocycles. The highest BCUT2D eigenvalue weighted by Crippen LogP contribution is 2.33. The molecule has 0 aliphatic carbocycles. The van der Waals surface area contributed by atoms with Gasteiger partial charge >= 0.3 is 0 Å². The first kappa shape index (κ1) is 18.5. The number of hydrogen-bond donors (Lipinski definition) is 0. The highest BCUT2D eigenvalue weighted by molar-refractivity contribution is 7.98. The lowest BCUT2D eigenvalue weighted by Crippen LogP contribution is -2.46. The third-order valence-electron chi connectivity index (χ3n) is 4.64. The molecule has 0 saturated heterocycles. The second kappa shape index (κ2) is 7.17. The minimum absolute atomic E-state index is 0.0400. The Bertz CT molecular complexity index is 449. The zero-order valence-corrected chi connectivity index (χ0v) is 15.8. The first-order chi connectivity index (χ1) is 9.60. The fourth-order valence-corrected chi connectivity index (χ4v) is 3.02. The largest absolute Gasteiger partial charge is 0.300 e. The fourth-order valence-electron chi connectivity index (χ4n) is 2.27. The van der Waals surface area contributed by atoms with Crippen molar-refractivity contribution in [3.05, 3.63) is 29.8 Å². The van der Waals surface area contributed by atoms with Gasteiger partial charge in [0.25, 0.3) is 0 Å². The topological polar surface area (TPSA) is 6.48 Å². The van der Waals surface area contributed by atoms with Crippen molar-refractivity contribution >= 4 is 11.8 Å². The van der Waals surface area contributed by atoms with Gasteiger partial charge in [-0.25, -0.2) is 0 Å². The number of nitrogens with zero attached hydrogens (tertiary/aromatic N) is 2. The summed E-state index contributed by atoms with van der Waals surface area (Å²) in [7, 11) is 4.43. The van der Waals surface area contributed by atoms with E-state index in [0.29, 0.717) is 0 Å². The lowest BCUT2D eigenvalue weighted by Gasteiger charge is -2.40. The van der Waals surface area contributed by atoms with Gasteiger partial charge in [-0.15, -0.1) is 11.8 Å². The number of hydrogen-bond acceptors (Lipinski definition) is 3. The standard InChI is InChI=1S/C18H32N2S/c1-17(2,3)19(6)13-14-20(7)18(4,5)15-11-9-10-12-16(15)21-8/h9-12H,13-14H2,1-8H3. The number of benzene rings is 1. The van der Waals surface area contributed by atoms with Crippen molar-refractivity contribution in [1.82, 2.24) is 9.80 Å². The number of thioether (sulfide) groups is 1. The molecule has 0 N–H and O–H groups in total. The average Bonchev–Trinajstić information content (AvgIpc) is 2.42. The van der Waals surface area contributed by atoms with Crippen LogP contribution in [0.5, 0.6) is 0 Å². The third kappa shape index (κ3) is 4.73. The van der Waals surface area contributed by atoms with Gasteiger partial charge in [0.2, 0.25) is 0 Å². The van der Waals surface area contributed by atoms with Crippen LogP contribution in [-0.4, -0.2) is 48.8 Å². The molecular formula is C18H32N2S. The van der Waals surface area contributed by atoms with E-state index in [1.165, 1.54) is 10.5 Å². The van der Waals surface area contributed by atoms with E-state index < -0.39 is 0 Å². The molecule has 0 atom stereocenters. The van der Waals surface area contributed by atoms with E-state index in [1.54, 1.807) is 0 Å². The van der Waals surface area contributed by atoms with E-state index in [4.69, 9.17) is 0 Å². The van der Waals surface area contributed by atoms with Crippen molar-refractivity contribution < 1.29 is 0 Å². The van der Waals surface area contributed by atoms with Crippen LogP contribution in [0.1, 0.15) is 40.2 Å². The molecule has 0 amide bonds. The molecule has 0 radical (unpaired) electrons. The van der Waals surface area contributed by atoms with Crippen molar-refractivity contribution in [3.8, 4) is 0 Å². The zero-order valence-electron chi connectivity index (χ0n) is 15.0. The van der Waals surface area contributed by atoms with Gasteiger partial charge < -0.3 is 4.90 Å². The van der Waals surface area contributed by atoms with Crippen LogP contribution in [0.2, 0.25) is 0 Å². The highest BCUT2D eigenvalue weighted by Gasteiger charge is 2.28. The van der Waals surface area contributed by atoms with E-state index in [-0.39, 0.29) is 11.1 Å². The summed E-state index contributed by atoms with van der Waals surface area (Å²) >= 11 is 1.83. The molecule has 21 heavy (non-hydrogen) atoms. The molecule has 1 aromatic rings. The molecule has 1 aromatic carbocycles. The maximum atomic E-state index is 2.46. The number of rotatable bonds is 6. The van der Waals surface area contributed by atoms with Crippen molar-refractivity contribution in [1.29, 1.82) is 0 Å². The minimum Gasteiger partial charge on any atom is -0.300 e. The van der Waals surface area contributed by atoms with Crippen LogP contribution in [0.4, 0.5) is 0 Å². The zero-order chi connectivity index (χ0) is 16.3. The summed E-state index contributed by atoms with van der Waals surface area (Å²) in [6, 6.07) is 8.75. The molecule has 0 heterocycles. The van der Waals surface area contributed by atoms with Gasteiger partial charge in [-0.3, -0.25) is 4.90 Å². The quantitative estimate of drug-likeness (QED) is 0.723. The SMILES string of the molecule is CSc1ccccc1C(C)(C)N(C)CCN(C)C(C)(C)C. The smallest absolute Gasteiger partial charge is 0.0413 e. The van der Waals surface area contributed by atoms with Gasteiger partial charge in [0, 0.05) is 29.1 Å². The van der Waals surface area contributed by atoms with Gasteiger partial charge in [-0.05, 0) is 66.6 Å². The lowest BCUT2D eigenvalue weighted by molar-refractivity contribution is 0.105. The van der Waals surface area contributed by atoms with Gasteiger partial charge in [0.1, 0.15) is 0 Å². The molecule has 0 unspecified atom stereocenters. The molecule has 2 nitrogen and oxygen atoms in total. The van der Waals surface area contributed by atoms with Gasteiger partial charge in [-0.2, -0.15) is 0 Å². The lowest BCUT2D eigenvalue weighted by atomic mass is 9.92. The van der Waals surface area contributed by atoms with Crippen LogP contribution in [0.3, 0.4) is 0 Å². The van der Waals surface area contributed by atoms with E-state index in [9.17, 15) is 0 Å². The Morgan fingerprint density at radius 3 is 1.95 bits per heavy atom. The predicted octanol–water partition coefficient (Wildman–Crippen LogP) is 4.31. The third-order valence-corrected chi connectivity index (χ3v) is 5.43. The maximum absolute atomic E-state index is 2.46. The highest BCUT2D eigenvalue weighted by atomic mass is 32.2. The Morgan fingerprint density at radius 2 is 1.43 bits per heavy atom.